The van der Waals surface area contributed by atoms with Crippen LogP contribution in [0.15, 0.2) is 79.0 Å². The van der Waals surface area contributed by atoms with Crippen LogP contribution in [0.4, 0.5) is 33.5 Å². The molecule has 0 unspecified atom stereocenters. The highest BCUT2D eigenvalue weighted by atomic mass is 32.2. The number of hydrogen-bond donors (Lipinski definition) is 3. The van der Waals surface area contributed by atoms with Gasteiger partial charge in [0.1, 0.15) is 11.6 Å². The van der Waals surface area contributed by atoms with Gasteiger partial charge >= 0.3 is 0 Å². The number of primary sulfonamides is 1. The van der Waals surface area contributed by atoms with Gasteiger partial charge in [-0.25, -0.2) is 27.9 Å². The second-order valence-corrected chi connectivity index (χ2v) is 10.7. The van der Waals surface area contributed by atoms with E-state index in [9.17, 15) is 12.8 Å². The summed E-state index contributed by atoms with van der Waals surface area (Å²) in [5.41, 5.74) is 4.76. The lowest BCUT2D eigenvalue weighted by molar-refractivity contribution is 0.597. The Hall–Kier alpha value is -4.55. The molecule has 5 rings (SSSR count). The average molecular weight is 547 g/mol. The number of fused-ring (bicyclic) bond motifs is 1. The third kappa shape index (κ3) is 6.30. The molecule has 0 saturated heterocycles. The highest BCUT2D eigenvalue weighted by Gasteiger charge is 2.13. The Morgan fingerprint density at radius 2 is 1.79 bits per heavy atom. The predicted octanol–water partition coefficient (Wildman–Crippen LogP) is 4.41. The molecule has 0 fully saturated rings. The van der Waals surface area contributed by atoms with E-state index in [4.69, 9.17) is 10.1 Å². The minimum absolute atomic E-state index is 0.227. The summed E-state index contributed by atoms with van der Waals surface area (Å²) in [6, 6.07) is 21.1. The van der Waals surface area contributed by atoms with Crippen molar-refractivity contribution in [3.8, 4) is 0 Å². The second kappa shape index (κ2) is 10.7. The average Bonchev–Trinajstić information content (AvgIpc) is 3.22. The molecule has 0 spiro atoms. The molecule has 0 atom stereocenters. The lowest BCUT2D eigenvalue weighted by Crippen LogP contribution is -2.14. The fourth-order valence-electron chi connectivity index (χ4n) is 4.16. The molecule has 4 N–H and O–H groups in total. The number of hydrogen-bond acceptors (Lipinski definition) is 8. The molecular weight excluding hydrogens is 519 g/mol. The van der Waals surface area contributed by atoms with E-state index in [1.165, 1.54) is 12.1 Å². The normalized spacial score (nSPS) is 11.5. The zero-order valence-electron chi connectivity index (χ0n) is 21.3. The molecule has 2 heterocycles. The number of sulfonamides is 1. The van der Waals surface area contributed by atoms with Crippen LogP contribution >= 0.6 is 0 Å². The SMILES string of the molecule is CN(c1ccc2c(c1)nc(NCc1cccc(F)c1)n2C)c1ccnc(Nc2ccc(CS(N)(=O)=O)cc2)n1. The van der Waals surface area contributed by atoms with Crippen molar-refractivity contribution >= 4 is 50.1 Å². The van der Waals surface area contributed by atoms with Crippen molar-refractivity contribution in [3.05, 3.63) is 95.9 Å². The molecule has 3 aromatic carbocycles. The van der Waals surface area contributed by atoms with Crippen LogP contribution in [0, 0.1) is 5.82 Å². The van der Waals surface area contributed by atoms with Crippen LogP contribution in [-0.4, -0.2) is 35.0 Å². The van der Waals surface area contributed by atoms with Crippen LogP contribution in [-0.2, 0) is 29.4 Å². The lowest BCUT2D eigenvalue weighted by atomic mass is 10.2. The molecule has 5 aromatic rings. The van der Waals surface area contributed by atoms with Crippen molar-refractivity contribution in [1.82, 2.24) is 19.5 Å². The van der Waals surface area contributed by atoms with Gasteiger partial charge in [0.05, 0.1) is 16.8 Å². The smallest absolute Gasteiger partial charge is 0.229 e. The molecule has 0 radical (unpaired) electrons. The van der Waals surface area contributed by atoms with Gasteiger partial charge in [-0.2, -0.15) is 4.98 Å². The standard InChI is InChI=1S/C27H27FN8O2S/c1-35(25-12-13-30-26(34-25)32-21-8-6-18(7-9-21)17-39(29,37)38)22-10-11-24-23(15-22)33-27(36(24)2)31-16-19-4-3-5-20(28)14-19/h3-15H,16-17H2,1-2H3,(H,31,33)(H2,29,37,38)(H,30,32,34). The summed E-state index contributed by atoms with van der Waals surface area (Å²) in [5.74, 6) is 1.24. The molecule has 0 saturated carbocycles. The number of nitrogens with two attached hydrogens (primary N) is 1. The Labute approximate surface area is 225 Å². The number of benzene rings is 3. The largest absolute Gasteiger partial charge is 0.352 e. The maximum absolute atomic E-state index is 13.5. The van der Waals surface area contributed by atoms with E-state index in [1.807, 2.05) is 47.8 Å². The minimum atomic E-state index is -3.59. The molecule has 2 aromatic heterocycles. The number of halogens is 1. The van der Waals surface area contributed by atoms with Gasteiger partial charge in [-0.15, -0.1) is 0 Å². The molecule has 0 aliphatic heterocycles. The monoisotopic (exact) mass is 546 g/mol. The van der Waals surface area contributed by atoms with Crippen molar-refractivity contribution in [2.24, 2.45) is 12.2 Å². The number of rotatable bonds is 9. The summed E-state index contributed by atoms with van der Waals surface area (Å²) in [7, 11) is 0.237. The fraction of sp³-hybridized carbons (Fsp3) is 0.148. The highest BCUT2D eigenvalue weighted by Crippen LogP contribution is 2.28. The van der Waals surface area contributed by atoms with E-state index >= 15 is 0 Å². The van der Waals surface area contributed by atoms with Gasteiger partial charge in [-0.3, -0.25) is 0 Å². The number of anilines is 5. The Balaban J connectivity index is 1.31. The van der Waals surface area contributed by atoms with Crippen LogP contribution in [0.3, 0.4) is 0 Å². The van der Waals surface area contributed by atoms with E-state index in [-0.39, 0.29) is 11.6 Å². The highest BCUT2D eigenvalue weighted by molar-refractivity contribution is 7.88. The zero-order chi connectivity index (χ0) is 27.6. The van der Waals surface area contributed by atoms with Crippen LogP contribution in [0.25, 0.3) is 11.0 Å². The zero-order valence-corrected chi connectivity index (χ0v) is 22.2. The summed E-state index contributed by atoms with van der Waals surface area (Å²) in [6.07, 6.45) is 1.66. The van der Waals surface area contributed by atoms with Gasteiger partial charge in [0, 0.05) is 38.2 Å². The molecule has 0 aliphatic carbocycles. The fourth-order valence-corrected chi connectivity index (χ4v) is 4.81. The van der Waals surface area contributed by atoms with Gasteiger partial charge < -0.3 is 20.1 Å². The Morgan fingerprint density at radius 1 is 1.00 bits per heavy atom. The van der Waals surface area contributed by atoms with Crippen molar-refractivity contribution in [2.75, 3.05) is 22.6 Å². The third-order valence-electron chi connectivity index (χ3n) is 6.15. The van der Waals surface area contributed by atoms with E-state index < -0.39 is 10.0 Å². The van der Waals surface area contributed by atoms with Crippen molar-refractivity contribution < 1.29 is 12.8 Å². The van der Waals surface area contributed by atoms with Crippen LogP contribution in [0.1, 0.15) is 11.1 Å². The predicted molar refractivity (Wildman–Crippen MR) is 151 cm³/mol. The number of aromatic nitrogens is 4. The number of aryl methyl sites for hydroxylation is 1. The van der Waals surface area contributed by atoms with Crippen LogP contribution in [0.2, 0.25) is 0 Å². The number of nitrogens with zero attached hydrogens (tertiary/aromatic N) is 5. The minimum Gasteiger partial charge on any atom is -0.352 e. The van der Waals surface area contributed by atoms with Crippen molar-refractivity contribution in [2.45, 2.75) is 12.3 Å². The Morgan fingerprint density at radius 3 is 2.54 bits per heavy atom. The van der Waals surface area contributed by atoms with Gasteiger partial charge in [0.25, 0.3) is 0 Å². The number of imidazole rings is 1. The molecule has 12 heteroatoms. The molecule has 0 amide bonds. The van der Waals surface area contributed by atoms with Gasteiger partial charge in [-0.1, -0.05) is 24.3 Å². The summed E-state index contributed by atoms with van der Waals surface area (Å²) >= 11 is 0. The topological polar surface area (TPSA) is 131 Å². The first-order chi connectivity index (χ1) is 18.6. The first kappa shape index (κ1) is 26.1. The third-order valence-corrected chi connectivity index (χ3v) is 6.89. The molecule has 39 heavy (non-hydrogen) atoms. The molecular formula is C27H27FN8O2S. The van der Waals surface area contributed by atoms with E-state index in [0.717, 1.165) is 22.3 Å². The van der Waals surface area contributed by atoms with E-state index in [0.29, 0.717) is 35.5 Å². The van der Waals surface area contributed by atoms with Gasteiger partial charge in [-0.05, 0) is 59.7 Å². The summed E-state index contributed by atoms with van der Waals surface area (Å²) in [4.78, 5) is 15.6. The first-order valence-corrected chi connectivity index (χ1v) is 13.7. The van der Waals surface area contributed by atoms with Gasteiger partial charge in [0.15, 0.2) is 0 Å². The van der Waals surface area contributed by atoms with E-state index in [1.54, 1.807) is 42.6 Å². The summed E-state index contributed by atoms with van der Waals surface area (Å²) in [6.45, 7) is 0.452. The number of nitrogens with one attached hydrogen (secondary N) is 2. The quantitative estimate of drug-likeness (QED) is 0.248. The maximum Gasteiger partial charge on any atom is 0.229 e. The molecule has 0 aliphatic rings. The Bertz CT molecular complexity index is 1740. The molecule has 0 bridgehead atoms. The lowest BCUT2D eigenvalue weighted by Gasteiger charge is -2.19. The van der Waals surface area contributed by atoms with Crippen molar-refractivity contribution in [1.29, 1.82) is 0 Å². The first-order valence-electron chi connectivity index (χ1n) is 12.0. The van der Waals surface area contributed by atoms with Crippen molar-refractivity contribution in [3.63, 3.8) is 0 Å². The van der Waals surface area contributed by atoms with Crippen LogP contribution in [0.5, 0.6) is 0 Å². The molecule has 200 valence electrons. The van der Waals surface area contributed by atoms with Crippen LogP contribution < -0.4 is 20.7 Å². The second-order valence-electron chi connectivity index (χ2n) is 9.08. The maximum atomic E-state index is 13.5. The Kier molecular flexibility index (Phi) is 7.13. The molecule has 10 nitrogen and oxygen atoms in total. The summed E-state index contributed by atoms with van der Waals surface area (Å²) in [5, 5.41) is 11.5. The van der Waals surface area contributed by atoms with E-state index in [2.05, 4.69) is 20.6 Å². The van der Waals surface area contributed by atoms with Gasteiger partial charge in [0.2, 0.25) is 21.9 Å². The summed E-state index contributed by atoms with van der Waals surface area (Å²) < 4.78 is 38.1.